The van der Waals surface area contributed by atoms with Crippen LogP contribution in [0.25, 0.3) is 65.8 Å². The Hall–Kier alpha value is -4.48. The summed E-state index contributed by atoms with van der Waals surface area (Å²) in [6, 6.07) is 33.5. The molecule has 8 aromatic rings. The van der Waals surface area contributed by atoms with E-state index in [1.165, 1.54) is 11.1 Å². The first-order chi connectivity index (χ1) is 27.6. The zero-order chi connectivity index (χ0) is 42.7. The number of benzene rings is 4. The Balaban J connectivity index is 0.000000267. The van der Waals surface area contributed by atoms with Gasteiger partial charge < -0.3 is 14.4 Å². The monoisotopic (exact) mass is 964 g/mol. The minimum atomic E-state index is -1.61. The van der Waals surface area contributed by atoms with E-state index in [0.29, 0.717) is 22.3 Å². The van der Waals surface area contributed by atoms with Crippen LogP contribution in [-0.2, 0) is 38.3 Å². The van der Waals surface area contributed by atoms with Crippen molar-refractivity contribution in [3.63, 3.8) is 0 Å². The molecule has 0 aliphatic rings. The van der Waals surface area contributed by atoms with E-state index in [-0.39, 0.29) is 25.5 Å². The van der Waals surface area contributed by atoms with Crippen LogP contribution in [0.4, 0.5) is 0 Å². The van der Waals surface area contributed by atoms with Crippen molar-refractivity contribution in [2.75, 3.05) is 0 Å². The van der Waals surface area contributed by atoms with Crippen LogP contribution in [-0.4, -0.2) is 15.0 Å². The average molecular weight is 964 g/mol. The van der Waals surface area contributed by atoms with Crippen molar-refractivity contribution in [3.05, 3.63) is 136 Å². The average Bonchev–Trinajstić information content (AvgIpc) is 3.77. The van der Waals surface area contributed by atoms with E-state index < -0.39 is 11.8 Å². The topological polar surface area (TPSA) is 51.8 Å². The van der Waals surface area contributed by atoms with Crippen LogP contribution >= 0.6 is 11.3 Å². The summed E-state index contributed by atoms with van der Waals surface area (Å²) in [4.78, 5) is 14.4. The molecule has 0 fully saturated rings. The van der Waals surface area contributed by atoms with Gasteiger partial charge in [-0.1, -0.05) is 123 Å². The van der Waals surface area contributed by atoms with Gasteiger partial charge in [0.05, 0.1) is 15.3 Å². The van der Waals surface area contributed by atoms with Crippen LogP contribution in [0.3, 0.4) is 0 Å². The number of hydrogen-bond donors (Lipinski definition) is 0. The summed E-state index contributed by atoms with van der Waals surface area (Å²) < 4.78 is 26.0. The van der Waals surface area contributed by atoms with Crippen molar-refractivity contribution in [3.8, 4) is 33.6 Å². The normalized spacial score (nSPS) is 12.9. The SMILES string of the molecule is Cc1c[c-]c(-c2ccc(CC(C)(C)C)cn2)cc1.[2H]C([2H])(c1cnc(-c2[c-]ccc3c2oc2c3ccc3sc(C(C)(C)C)nc32)cc1-c1c(C)cccc1C)C(C)(C)C.[Ir]. The number of fused-ring (bicyclic) bond motifs is 5. The summed E-state index contributed by atoms with van der Waals surface area (Å²) in [5.74, 6) is 0. The van der Waals surface area contributed by atoms with E-state index in [0.717, 1.165) is 77.1 Å². The minimum absolute atomic E-state index is 0. The molecule has 0 N–H and O–H groups in total. The molecule has 0 bridgehead atoms. The van der Waals surface area contributed by atoms with Gasteiger partial charge in [-0.15, -0.1) is 64.9 Å². The van der Waals surface area contributed by atoms with Gasteiger partial charge in [0.2, 0.25) is 0 Å². The zero-order valence-corrected chi connectivity index (χ0v) is 39.1. The first-order valence-corrected chi connectivity index (χ1v) is 20.6. The van der Waals surface area contributed by atoms with E-state index in [9.17, 15) is 0 Å². The zero-order valence-electron chi connectivity index (χ0n) is 37.9. The first kappa shape index (κ1) is 40.3. The summed E-state index contributed by atoms with van der Waals surface area (Å²) >= 11 is 1.71. The molecule has 4 aromatic carbocycles. The minimum Gasteiger partial charge on any atom is -0.498 e. The largest absolute Gasteiger partial charge is 0.498 e. The number of aryl methyl sites for hydroxylation is 3. The van der Waals surface area contributed by atoms with Gasteiger partial charge in [-0.3, -0.25) is 0 Å². The third kappa shape index (κ3) is 9.52. The van der Waals surface area contributed by atoms with Crippen molar-refractivity contribution in [1.82, 2.24) is 15.0 Å². The van der Waals surface area contributed by atoms with Crippen molar-refractivity contribution in [2.24, 2.45) is 10.8 Å². The predicted molar refractivity (Wildman–Crippen MR) is 242 cm³/mol. The summed E-state index contributed by atoms with van der Waals surface area (Å²) in [6.45, 7) is 25.3. The van der Waals surface area contributed by atoms with E-state index in [4.69, 9.17) is 17.1 Å². The number of hydrogen-bond acceptors (Lipinski definition) is 5. The molecule has 0 amide bonds. The molecule has 0 unspecified atom stereocenters. The van der Waals surface area contributed by atoms with Crippen LogP contribution in [0, 0.1) is 43.7 Å². The summed E-state index contributed by atoms with van der Waals surface area (Å²) in [7, 11) is 0. The van der Waals surface area contributed by atoms with E-state index >= 15 is 0 Å². The van der Waals surface area contributed by atoms with Gasteiger partial charge in [0, 0.05) is 46.0 Å². The molecule has 0 aliphatic carbocycles. The van der Waals surface area contributed by atoms with Gasteiger partial charge >= 0.3 is 0 Å². The second-order valence-corrected chi connectivity index (χ2v) is 19.6. The van der Waals surface area contributed by atoms with Crippen LogP contribution in [0.1, 0.15) is 97.9 Å². The van der Waals surface area contributed by atoms with Gasteiger partial charge in [-0.25, -0.2) is 4.98 Å². The molecule has 0 spiro atoms. The molecular formula is C52H55IrN3OS-2. The Labute approximate surface area is 365 Å². The predicted octanol–water partition coefficient (Wildman–Crippen LogP) is 14.7. The van der Waals surface area contributed by atoms with Crippen LogP contribution in [0.5, 0.6) is 0 Å². The van der Waals surface area contributed by atoms with Gasteiger partial charge in [0.25, 0.3) is 0 Å². The molecule has 8 rings (SSSR count). The second-order valence-electron chi connectivity index (χ2n) is 18.6. The van der Waals surface area contributed by atoms with E-state index in [1.54, 1.807) is 17.5 Å². The molecule has 1 radical (unpaired) electrons. The standard InChI is InChI=1S/C35H35N2OS.C17H20N.Ir/c1-20-11-9-12-21(2)29(20)26-17-27(36-19-22(26)18-34(3,4)5)25-14-10-13-23-24-15-16-28-30(32(24)38-31(23)25)37-33(39-28)35(6,7)8;1-13-5-8-15(9-6-13)16-10-7-14(12-18-16)11-17(2,3)4;/h9-13,15-17,19H,18H2,1-8H3;5-8,10,12H,11H2,1-4H3;/q2*-1;/i18D2;;. The smallest absolute Gasteiger partial charge is 0.148 e. The molecule has 0 atom stereocenters. The fraction of sp³-hybridized carbons (Fsp3) is 0.327. The van der Waals surface area contributed by atoms with Gasteiger partial charge in [-0.05, 0) is 88.3 Å². The van der Waals surface area contributed by atoms with Gasteiger partial charge in [-0.2, -0.15) is 0 Å². The van der Waals surface area contributed by atoms with Crippen molar-refractivity contribution < 1.29 is 27.3 Å². The molecule has 301 valence electrons. The molecular weight excluding hydrogens is 907 g/mol. The fourth-order valence-electron chi connectivity index (χ4n) is 7.21. The number of rotatable bonds is 5. The number of nitrogens with zero attached hydrogens (tertiary/aromatic N) is 3. The Morgan fingerprint density at radius 1 is 0.741 bits per heavy atom. The fourth-order valence-corrected chi connectivity index (χ4v) is 8.23. The summed E-state index contributed by atoms with van der Waals surface area (Å²) in [5, 5.41) is 3.09. The molecule has 0 aliphatic heterocycles. The summed E-state index contributed by atoms with van der Waals surface area (Å²) in [5.41, 5.74) is 12.7. The Kier molecular flexibility index (Phi) is 11.6. The molecule has 4 aromatic heterocycles. The maximum atomic E-state index is 9.15. The van der Waals surface area contributed by atoms with Gasteiger partial charge in [0.15, 0.2) is 0 Å². The van der Waals surface area contributed by atoms with Crippen molar-refractivity contribution in [1.29, 1.82) is 0 Å². The summed E-state index contributed by atoms with van der Waals surface area (Å²) in [6.07, 6.45) is 3.14. The Morgan fingerprint density at radius 2 is 1.45 bits per heavy atom. The Morgan fingerprint density at radius 3 is 2.07 bits per heavy atom. The number of pyridine rings is 2. The first-order valence-electron chi connectivity index (χ1n) is 20.8. The van der Waals surface area contributed by atoms with E-state index in [2.05, 4.69) is 128 Å². The molecule has 58 heavy (non-hydrogen) atoms. The number of thiazole rings is 1. The number of aromatic nitrogens is 3. The van der Waals surface area contributed by atoms with E-state index in [1.807, 2.05) is 57.3 Å². The molecule has 6 heteroatoms. The maximum absolute atomic E-state index is 9.15. The van der Waals surface area contributed by atoms with Crippen LogP contribution in [0.15, 0.2) is 95.7 Å². The maximum Gasteiger partial charge on any atom is 0.148 e. The Bertz CT molecular complexity index is 2780. The number of furan rings is 1. The second kappa shape index (κ2) is 16.6. The third-order valence-corrected chi connectivity index (χ3v) is 11.3. The van der Waals surface area contributed by atoms with Crippen LogP contribution < -0.4 is 0 Å². The molecule has 0 saturated heterocycles. The quantitative estimate of drug-likeness (QED) is 0.161. The molecule has 4 heterocycles. The third-order valence-electron chi connectivity index (χ3n) is 9.82. The van der Waals surface area contributed by atoms with Crippen LogP contribution in [0.2, 0.25) is 0 Å². The molecule has 0 saturated carbocycles. The molecule has 4 nitrogen and oxygen atoms in total. The van der Waals surface area contributed by atoms with Crippen molar-refractivity contribution >= 4 is 43.5 Å². The van der Waals surface area contributed by atoms with Gasteiger partial charge in [0.1, 0.15) is 11.1 Å². The van der Waals surface area contributed by atoms with Crippen molar-refractivity contribution in [2.45, 2.75) is 101 Å².